The monoisotopic (exact) mass is 514 g/mol. The van der Waals surface area contributed by atoms with E-state index in [9.17, 15) is 22.8 Å². The Balaban J connectivity index is 0.000000311. The third kappa shape index (κ3) is 10.5. The first-order chi connectivity index (χ1) is 14.6. The maximum absolute atomic E-state index is 13.2. The SMILES string of the molecule is CCOC(=O)C(F)(F)Sc1ccc(Cl)cc1.CCOC(=O)C(F)Sc1ccc(Cl)cc1. The highest BCUT2D eigenvalue weighted by molar-refractivity contribution is 8.01. The molecule has 0 aromatic heterocycles. The van der Waals surface area contributed by atoms with Gasteiger partial charge in [-0.3, -0.25) is 0 Å². The second-order valence-corrected chi connectivity index (χ2v) is 8.62. The highest BCUT2D eigenvalue weighted by Crippen LogP contribution is 2.37. The molecule has 0 aliphatic rings. The van der Waals surface area contributed by atoms with E-state index in [1.165, 1.54) is 31.2 Å². The van der Waals surface area contributed by atoms with Crippen LogP contribution in [0.2, 0.25) is 10.0 Å². The van der Waals surface area contributed by atoms with Gasteiger partial charge in [-0.1, -0.05) is 35.0 Å². The van der Waals surface area contributed by atoms with E-state index in [0.29, 0.717) is 14.9 Å². The number of ether oxygens (including phenoxy) is 2. The summed E-state index contributed by atoms with van der Waals surface area (Å²) in [4.78, 5) is 22.8. The van der Waals surface area contributed by atoms with Gasteiger partial charge >= 0.3 is 17.2 Å². The van der Waals surface area contributed by atoms with E-state index < -0.39 is 22.7 Å². The zero-order valence-electron chi connectivity index (χ0n) is 16.4. The molecule has 1 atom stereocenters. The number of benzene rings is 2. The minimum absolute atomic E-state index is 0.0738. The van der Waals surface area contributed by atoms with Crippen molar-refractivity contribution in [1.29, 1.82) is 0 Å². The average Bonchev–Trinajstić information content (AvgIpc) is 2.72. The first kappa shape index (κ1) is 27.5. The maximum Gasteiger partial charge on any atom is 0.393 e. The van der Waals surface area contributed by atoms with Gasteiger partial charge in [0.2, 0.25) is 5.50 Å². The molecular weight excluding hydrogens is 496 g/mol. The van der Waals surface area contributed by atoms with E-state index in [4.69, 9.17) is 23.2 Å². The van der Waals surface area contributed by atoms with Crippen LogP contribution in [0.3, 0.4) is 0 Å². The molecule has 0 heterocycles. The first-order valence-electron chi connectivity index (χ1n) is 8.81. The Bertz CT molecular complexity index is 837. The second kappa shape index (κ2) is 13.8. The van der Waals surface area contributed by atoms with E-state index in [0.717, 1.165) is 11.8 Å². The summed E-state index contributed by atoms with van der Waals surface area (Å²) in [5, 5.41) is -2.56. The molecule has 0 aliphatic heterocycles. The van der Waals surface area contributed by atoms with Gasteiger partial charge < -0.3 is 9.47 Å². The molecule has 1 unspecified atom stereocenters. The number of esters is 2. The largest absolute Gasteiger partial charge is 0.463 e. The summed E-state index contributed by atoms with van der Waals surface area (Å²) in [6.45, 7) is 3.22. The lowest BCUT2D eigenvalue weighted by Gasteiger charge is -2.13. The molecule has 11 heteroatoms. The predicted octanol–water partition coefficient (Wildman–Crippen LogP) is 6.88. The van der Waals surface area contributed by atoms with Gasteiger partial charge in [-0.2, -0.15) is 8.78 Å². The molecule has 2 aromatic carbocycles. The maximum atomic E-state index is 13.2. The fraction of sp³-hybridized carbons (Fsp3) is 0.300. The molecule has 0 aliphatic carbocycles. The first-order valence-corrected chi connectivity index (χ1v) is 11.3. The third-order valence-corrected chi connectivity index (χ3v) is 5.48. The Kier molecular flexibility index (Phi) is 12.2. The lowest BCUT2D eigenvalue weighted by Crippen LogP contribution is -2.26. The highest BCUT2D eigenvalue weighted by Gasteiger charge is 2.41. The smallest absolute Gasteiger partial charge is 0.393 e. The Morgan fingerprint density at radius 1 is 0.903 bits per heavy atom. The van der Waals surface area contributed by atoms with Gasteiger partial charge in [0.05, 0.1) is 13.2 Å². The van der Waals surface area contributed by atoms with Crippen molar-refractivity contribution >= 4 is 58.7 Å². The minimum Gasteiger partial charge on any atom is -0.463 e. The number of carbonyl (C=O) groups is 2. The molecular formula is C20H19Cl2F3O4S2. The summed E-state index contributed by atoms with van der Waals surface area (Å²) in [6.07, 6.45) is 0. The van der Waals surface area contributed by atoms with Crippen molar-refractivity contribution < 1.29 is 32.2 Å². The van der Waals surface area contributed by atoms with Crippen LogP contribution in [0.5, 0.6) is 0 Å². The summed E-state index contributed by atoms with van der Waals surface area (Å²) in [5.41, 5.74) is -1.69. The molecule has 0 radical (unpaired) electrons. The van der Waals surface area contributed by atoms with Crippen molar-refractivity contribution in [2.75, 3.05) is 13.2 Å². The van der Waals surface area contributed by atoms with Crippen LogP contribution in [0.15, 0.2) is 58.3 Å². The number of hydrogen-bond donors (Lipinski definition) is 0. The van der Waals surface area contributed by atoms with Gasteiger partial charge in [0.25, 0.3) is 0 Å². The van der Waals surface area contributed by atoms with Crippen LogP contribution in [-0.2, 0) is 19.1 Å². The zero-order chi connectivity index (χ0) is 23.4. The number of rotatable bonds is 8. The Hall–Kier alpha value is -1.55. The van der Waals surface area contributed by atoms with Gasteiger partial charge in [0.15, 0.2) is 0 Å². The average molecular weight is 515 g/mol. The van der Waals surface area contributed by atoms with Gasteiger partial charge in [-0.05, 0) is 74.1 Å². The van der Waals surface area contributed by atoms with Crippen LogP contribution >= 0.6 is 46.7 Å². The fourth-order valence-electron chi connectivity index (χ4n) is 1.80. The number of hydrogen-bond acceptors (Lipinski definition) is 6. The molecule has 31 heavy (non-hydrogen) atoms. The van der Waals surface area contributed by atoms with Gasteiger partial charge in [0.1, 0.15) is 0 Å². The van der Waals surface area contributed by atoms with Gasteiger partial charge in [-0.15, -0.1) is 0 Å². The van der Waals surface area contributed by atoms with Crippen molar-refractivity contribution in [1.82, 2.24) is 0 Å². The molecule has 0 N–H and O–H groups in total. The van der Waals surface area contributed by atoms with E-state index in [1.807, 2.05) is 0 Å². The molecule has 0 saturated heterocycles. The molecule has 0 bridgehead atoms. The number of halogens is 5. The van der Waals surface area contributed by atoms with E-state index in [-0.39, 0.29) is 29.9 Å². The van der Waals surface area contributed by atoms with Crippen LogP contribution in [0.4, 0.5) is 13.2 Å². The van der Waals surface area contributed by atoms with E-state index in [2.05, 4.69) is 9.47 Å². The van der Waals surface area contributed by atoms with Crippen molar-refractivity contribution in [3.05, 3.63) is 58.6 Å². The normalized spacial score (nSPS) is 11.7. The molecule has 0 spiro atoms. The molecule has 2 aromatic rings. The topological polar surface area (TPSA) is 52.6 Å². The van der Waals surface area contributed by atoms with Crippen LogP contribution < -0.4 is 0 Å². The number of alkyl halides is 3. The van der Waals surface area contributed by atoms with Crippen LogP contribution in [-0.4, -0.2) is 35.9 Å². The summed E-state index contributed by atoms with van der Waals surface area (Å²) >= 11 is 12.2. The van der Waals surface area contributed by atoms with Crippen molar-refractivity contribution in [3.63, 3.8) is 0 Å². The Morgan fingerprint density at radius 3 is 1.81 bits per heavy atom. The number of carbonyl (C=O) groups excluding carboxylic acids is 2. The number of thioether (sulfide) groups is 2. The third-order valence-electron chi connectivity index (χ3n) is 3.10. The van der Waals surface area contributed by atoms with Crippen molar-refractivity contribution in [3.8, 4) is 0 Å². The molecule has 4 nitrogen and oxygen atoms in total. The standard InChI is InChI=1S/C10H9ClF2O2S.C10H10ClFO2S/c1-2-15-9(14)10(12,13)16-8-5-3-7(11)4-6-8;1-2-14-10(13)9(12)15-8-5-3-7(11)4-6-8/h3-6H,2H2,1H3;3-6,9H,2H2,1H3. The van der Waals surface area contributed by atoms with Crippen LogP contribution in [0.1, 0.15) is 13.8 Å². The second-order valence-electron chi connectivity index (χ2n) is 5.43. The van der Waals surface area contributed by atoms with E-state index in [1.54, 1.807) is 31.2 Å². The summed E-state index contributed by atoms with van der Waals surface area (Å²) in [7, 11) is 0. The molecule has 170 valence electrons. The zero-order valence-corrected chi connectivity index (χ0v) is 19.6. The summed E-state index contributed by atoms with van der Waals surface area (Å²) in [5.74, 6) is -2.38. The lowest BCUT2D eigenvalue weighted by molar-refractivity contribution is -0.159. The van der Waals surface area contributed by atoms with Gasteiger partial charge in [0, 0.05) is 19.8 Å². The lowest BCUT2D eigenvalue weighted by atomic mass is 10.4. The van der Waals surface area contributed by atoms with Crippen molar-refractivity contribution in [2.24, 2.45) is 0 Å². The minimum atomic E-state index is -3.58. The molecule has 0 amide bonds. The Morgan fingerprint density at radius 2 is 1.35 bits per heavy atom. The van der Waals surface area contributed by atoms with Crippen molar-refractivity contribution in [2.45, 2.75) is 34.4 Å². The van der Waals surface area contributed by atoms with Gasteiger partial charge in [-0.25, -0.2) is 14.0 Å². The van der Waals surface area contributed by atoms with Crippen LogP contribution in [0.25, 0.3) is 0 Å². The molecule has 0 fully saturated rings. The fourth-order valence-corrected chi connectivity index (χ4v) is 3.45. The quantitative estimate of drug-likeness (QED) is 0.282. The Labute approximate surface area is 196 Å². The molecule has 0 saturated carbocycles. The molecule has 2 rings (SSSR count). The summed E-state index contributed by atoms with van der Waals surface area (Å²) < 4.78 is 48.5. The predicted molar refractivity (Wildman–Crippen MR) is 118 cm³/mol. The summed E-state index contributed by atoms with van der Waals surface area (Å²) in [6, 6.07) is 12.4. The van der Waals surface area contributed by atoms with E-state index >= 15 is 0 Å². The highest BCUT2D eigenvalue weighted by atomic mass is 35.5. The van der Waals surface area contributed by atoms with Crippen LogP contribution in [0, 0.1) is 0 Å².